The molecule has 2 N–H and O–H groups in total. The van der Waals surface area contributed by atoms with Crippen molar-refractivity contribution in [2.75, 3.05) is 23.9 Å². The Balaban J connectivity index is 1.96. The fourth-order valence-electron chi connectivity index (χ4n) is 2.72. The molecule has 0 bridgehead atoms. The number of benzene rings is 2. The van der Waals surface area contributed by atoms with Gasteiger partial charge in [-0.25, -0.2) is 4.79 Å². The summed E-state index contributed by atoms with van der Waals surface area (Å²) in [6.07, 6.45) is -2.42. The Hall–Kier alpha value is -3.01. The number of hydrogen-bond donors (Lipinski definition) is 2. The molecule has 32 heavy (non-hydrogen) atoms. The lowest BCUT2D eigenvalue weighted by atomic mass is 10.1. The van der Waals surface area contributed by atoms with Crippen molar-refractivity contribution in [2.45, 2.75) is 25.6 Å². The van der Waals surface area contributed by atoms with Gasteiger partial charge >= 0.3 is 12.1 Å². The van der Waals surface area contributed by atoms with Crippen molar-refractivity contribution in [1.29, 1.82) is 0 Å². The van der Waals surface area contributed by atoms with Gasteiger partial charge in [-0.3, -0.25) is 9.59 Å². The summed E-state index contributed by atoms with van der Waals surface area (Å²) in [7, 11) is 0. The van der Waals surface area contributed by atoms with Crippen molar-refractivity contribution in [2.24, 2.45) is 0 Å². The molecule has 0 spiro atoms. The van der Waals surface area contributed by atoms with Crippen LogP contribution in [0.1, 0.15) is 27.9 Å². The van der Waals surface area contributed by atoms with E-state index in [0.29, 0.717) is 11.3 Å². The maximum atomic E-state index is 12.8. The van der Waals surface area contributed by atoms with E-state index in [1.54, 1.807) is 18.2 Å². The van der Waals surface area contributed by atoms with Crippen LogP contribution < -0.4 is 10.6 Å². The van der Waals surface area contributed by atoms with Gasteiger partial charge in [0.1, 0.15) is 6.04 Å². The highest BCUT2D eigenvalue weighted by Gasteiger charge is 2.30. The Bertz CT molecular complexity index is 966. The molecule has 1 atom stereocenters. The fraction of sp³-hybridized carbons (Fsp3) is 0.318. The molecule has 2 amide bonds. The third-order valence-electron chi connectivity index (χ3n) is 4.30. The Morgan fingerprint density at radius 1 is 1.09 bits per heavy atom. The number of alkyl halides is 3. The summed E-state index contributed by atoms with van der Waals surface area (Å²) >= 11 is 1.47. The van der Waals surface area contributed by atoms with Crippen LogP contribution in [0.15, 0.2) is 48.5 Å². The molecule has 0 saturated heterocycles. The molecule has 2 rings (SSSR count). The highest BCUT2D eigenvalue weighted by molar-refractivity contribution is 7.98. The molecule has 0 heterocycles. The number of carbonyl (C=O) groups is 3. The van der Waals surface area contributed by atoms with Crippen molar-refractivity contribution in [1.82, 2.24) is 5.32 Å². The van der Waals surface area contributed by atoms with Crippen LogP contribution in [0.4, 0.5) is 18.9 Å². The lowest BCUT2D eigenvalue weighted by Crippen LogP contribution is -2.43. The quantitative estimate of drug-likeness (QED) is 0.543. The molecule has 2 aromatic carbocycles. The maximum Gasteiger partial charge on any atom is 0.416 e. The average molecular weight is 468 g/mol. The smallest absolute Gasteiger partial charge is 0.416 e. The zero-order valence-corrected chi connectivity index (χ0v) is 18.3. The second kappa shape index (κ2) is 11.6. The lowest BCUT2D eigenvalue weighted by molar-refractivity contribution is -0.149. The van der Waals surface area contributed by atoms with Gasteiger partial charge in [0, 0.05) is 11.3 Å². The van der Waals surface area contributed by atoms with Crippen LogP contribution in [0.3, 0.4) is 0 Å². The zero-order valence-electron chi connectivity index (χ0n) is 17.5. The van der Waals surface area contributed by atoms with Crippen LogP contribution in [0.5, 0.6) is 0 Å². The first-order valence-electron chi connectivity index (χ1n) is 9.60. The SMILES string of the molecule is CSCCC(NC(=O)c1cccc(C)c1)C(=O)OCC(=O)Nc1cccc(C(F)(F)F)c1. The van der Waals surface area contributed by atoms with Gasteiger partial charge in [0.2, 0.25) is 0 Å². The van der Waals surface area contributed by atoms with Crippen molar-refractivity contribution in [3.63, 3.8) is 0 Å². The van der Waals surface area contributed by atoms with Crippen LogP contribution in [0.2, 0.25) is 0 Å². The highest BCUT2D eigenvalue weighted by Crippen LogP contribution is 2.30. The molecular weight excluding hydrogens is 445 g/mol. The van der Waals surface area contributed by atoms with Crippen molar-refractivity contribution in [3.05, 3.63) is 65.2 Å². The third-order valence-corrected chi connectivity index (χ3v) is 4.94. The summed E-state index contributed by atoms with van der Waals surface area (Å²) in [5.41, 5.74) is 0.275. The second-order valence-electron chi connectivity index (χ2n) is 6.91. The standard InChI is InChI=1S/C22H23F3N2O4S/c1-14-5-3-6-15(11-14)20(29)27-18(9-10-32-2)21(30)31-13-19(28)26-17-8-4-7-16(12-17)22(23,24)25/h3-8,11-12,18H,9-10,13H2,1-2H3,(H,26,28)(H,27,29). The summed E-state index contributed by atoms with van der Waals surface area (Å²) in [6.45, 7) is 1.13. The summed E-state index contributed by atoms with van der Waals surface area (Å²) in [5, 5.41) is 4.87. The number of carbonyl (C=O) groups excluding carboxylic acids is 3. The van der Waals surface area contributed by atoms with E-state index in [9.17, 15) is 27.6 Å². The van der Waals surface area contributed by atoms with Crippen LogP contribution >= 0.6 is 11.8 Å². The minimum atomic E-state index is -4.55. The Kier molecular flexibility index (Phi) is 9.13. The predicted molar refractivity (Wildman–Crippen MR) is 116 cm³/mol. The van der Waals surface area contributed by atoms with E-state index in [2.05, 4.69) is 10.6 Å². The van der Waals surface area contributed by atoms with Crippen LogP contribution in [0.25, 0.3) is 0 Å². The number of thioether (sulfide) groups is 1. The molecule has 0 saturated carbocycles. The first kappa shape index (κ1) is 25.3. The number of esters is 1. The van der Waals surface area contributed by atoms with Crippen LogP contribution in [-0.2, 0) is 20.5 Å². The molecule has 1 unspecified atom stereocenters. The van der Waals surface area contributed by atoms with Gasteiger partial charge in [0.05, 0.1) is 5.56 Å². The van der Waals surface area contributed by atoms with Gasteiger partial charge in [-0.15, -0.1) is 0 Å². The molecule has 2 aromatic rings. The zero-order chi connectivity index (χ0) is 23.7. The van der Waals surface area contributed by atoms with Gasteiger partial charge < -0.3 is 15.4 Å². The largest absolute Gasteiger partial charge is 0.454 e. The molecule has 0 aliphatic carbocycles. The van der Waals surface area contributed by atoms with E-state index in [1.807, 2.05) is 19.2 Å². The number of hydrogen-bond acceptors (Lipinski definition) is 5. The number of halogens is 3. The summed E-state index contributed by atoms with van der Waals surface area (Å²) in [4.78, 5) is 37.0. The minimum absolute atomic E-state index is 0.0763. The van der Waals surface area contributed by atoms with Crippen molar-refractivity contribution in [3.8, 4) is 0 Å². The van der Waals surface area contributed by atoms with Crippen molar-refractivity contribution < 1.29 is 32.3 Å². The van der Waals surface area contributed by atoms with Gasteiger partial charge in [0.25, 0.3) is 11.8 Å². The topological polar surface area (TPSA) is 84.5 Å². The predicted octanol–water partition coefficient (Wildman–Crippen LogP) is 4.05. The Labute approximate surface area is 187 Å². The molecule has 0 fully saturated rings. The highest BCUT2D eigenvalue weighted by atomic mass is 32.2. The summed E-state index contributed by atoms with van der Waals surface area (Å²) < 4.78 is 43.3. The number of amides is 2. The molecule has 172 valence electrons. The monoisotopic (exact) mass is 468 g/mol. The lowest BCUT2D eigenvalue weighted by Gasteiger charge is -2.17. The van der Waals surface area contributed by atoms with Gasteiger partial charge in [-0.2, -0.15) is 24.9 Å². The van der Waals surface area contributed by atoms with Gasteiger partial charge in [0.15, 0.2) is 6.61 Å². The van der Waals surface area contributed by atoms with E-state index in [-0.39, 0.29) is 12.1 Å². The molecule has 0 aliphatic heterocycles. The Morgan fingerprint density at radius 2 is 1.81 bits per heavy atom. The molecule has 0 aromatic heterocycles. The number of rotatable bonds is 9. The van der Waals surface area contributed by atoms with E-state index >= 15 is 0 Å². The van der Waals surface area contributed by atoms with E-state index in [1.165, 1.54) is 17.8 Å². The molecule has 0 aliphatic rings. The van der Waals surface area contributed by atoms with Crippen LogP contribution in [-0.4, -0.2) is 42.4 Å². The van der Waals surface area contributed by atoms with Crippen LogP contribution in [0, 0.1) is 6.92 Å². The second-order valence-corrected chi connectivity index (χ2v) is 7.90. The molecular formula is C22H23F3N2O4S. The molecule has 6 nitrogen and oxygen atoms in total. The van der Waals surface area contributed by atoms with Gasteiger partial charge in [-0.1, -0.05) is 23.8 Å². The minimum Gasteiger partial charge on any atom is -0.454 e. The fourth-order valence-corrected chi connectivity index (χ4v) is 3.19. The first-order chi connectivity index (χ1) is 15.1. The number of ether oxygens (including phenoxy) is 1. The van der Waals surface area contributed by atoms with Crippen molar-refractivity contribution >= 4 is 35.2 Å². The Morgan fingerprint density at radius 3 is 2.47 bits per heavy atom. The van der Waals surface area contributed by atoms with Gasteiger partial charge in [-0.05, 0) is 55.7 Å². The normalized spacial score (nSPS) is 12.0. The number of aryl methyl sites for hydroxylation is 1. The maximum absolute atomic E-state index is 12.8. The molecule has 10 heteroatoms. The van der Waals surface area contributed by atoms with E-state index in [4.69, 9.17) is 4.74 Å². The first-order valence-corrected chi connectivity index (χ1v) is 11.0. The number of nitrogens with one attached hydrogen (secondary N) is 2. The van der Waals surface area contributed by atoms with E-state index in [0.717, 1.165) is 23.8 Å². The third kappa shape index (κ3) is 7.92. The van der Waals surface area contributed by atoms with E-state index < -0.39 is 42.2 Å². The summed E-state index contributed by atoms with van der Waals surface area (Å²) in [5.74, 6) is -1.50. The average Bonchev–Trinajstić information content (AvgIpc) is 2.74. The summed E-state index contributed by atoms with van der Waals surface area (Å²) in [6, 6.07) is 9.97. The number of anilines is 1. The molecule has 0 radical (unpaired) electrons.